The molecule has 4 rings (SSSR count). The van der Waals surface area contributed by atoms with Crippen molar-refractivity contribution in [2.24, 2.45) is 0 Å². The number of nitrogens with zero attached hydrogens (tertiary/aromatic N) is 4. The molecular formula is C27H36N4O2. The smallest absolute Gasteiger partial charge is 0.338 e. The van der Waals surface area contributed by atoms with Crippen LogP contribution in [0.1, 0.15) is 61.3 Å². The molecule has 33 heavy (non-hydrogen) atoms. The molecule has 3 aromatic rings. The Morgan fingerprint density at radius 2 is 1.88 bits per heavy atom. The van der Waals surface area contributed by atoms with Gasteiger partial charge in [-0.15, -0.1) is 0 Å². The maximum atomic E-state index is 13.0. The predicted molar refractivity (Wildman–Crippen MR) is 133 cm³/mol. The Bertz CT molecular complexity index is 1110. The van der Waals surface area contributed by atoms with Gasteiger partial charge >= 0.3 is 5.97 Å². The molecule has 1 unspecified atom stereocenters. The molecule has 0 N–H and O–H groups in total. The summed E-state index contributed by atoms with van der Waals surface area (Å²) in [6.45, 7) is 10.2. The van der Waals surface area contributed by atoms with Crippen LogP contribution >= 0.6 is 0 Å². The van der Waals surface area contributed by atoms with Crippen molar-refractivity contribution < 1.29 is 9.53 Å². The molecule has 4 heterocycles. The van der Waals surface area contributed by atoms with E-state index >= 15 is 0 Å². The highest BCUT2D eigenvalue weighted by molar-refractivity contribution is 5.93. The van der Waals surface area contributed by atoms with Crippen LogP contribution in [0.15, 0.2) is 42.9 Å². The largest absolute Gasteiger partial charge is 0.459 e. The number of hydrogen-bond donors (Lipinski definition) is 0. The third-order valence-corrected chi connectivity index (χ3v) is 6.92. The van der Waals surface area contributed by atoms with Crippen molar-refractivity contribution in [3.63, 3.8) is 0 Å². The first kappa shape index (κ1) is 23.5. The topological polar surface area (TPSA) is 50.1 Å². The van der Waals surface area contributed by atoms with Gasteiger partial charge in [0.1, 0.15) is 0 Å². The number of carbonyl (C=O) groups is 1. The van der Waals surface area contributed by atoms with Crippen molar-refractivity contribution in [3.05, 3.63) is 59.7 Å². The molecule has 0 saturated carbocycles. The van der Waals surface area contributed by atoms with Gasteiger partial charge in [0, 0.05) is 66.1 Å². The summed E-state index contributed by atoms with van der Waals surface area (Å²) in [5.41, 5.74) is 5.95. The maximum absolute atomic E-state index is 13.0. The third kappa shape index (κ3) is 4.82. The Balaban J connectivity index is 1.79. The highest BCUT2D eigenvalue weighted by Crippen LogP contribution is 2.33. The summed E-state index contributed by atoms with van der Waals surface area (Å²) < 4.78 is 7.86. The van der Waals surface area contributed by atoms with Crippen LogP contribution in [0.4, 0.5) is 0 Å². The Kier molecular flexibility index (Phi) is 6.86. The van der Waals surface area contributed by atoms with Gasteiger partial charge in [0.05, 0.1) is 11.7 Å². The Hall–Kier alpha value is -2.70. The Morgan fingerprint density at radius 1 is 1.15 bits per heavy atom. The van der Waals surface area contributed by atoms with Crippen LogP contribution in [-0.4, -0.2) is 64.5 Å². The van der Waals surface area contributed by atoms with Gasteiger partial charge < -0.3 is 14.0 Å². The molecule has 1 aliphatic rings. The Morgan fingerprint density at radius 3 is 2.48 bits per heavy atom. The second-order valence-corrected chi connectivity index (χ2v) is 9.69. The van der Waals surface area contributed by atoms with E-state index in [1.807, 2.05) is 32.2 Å². The first-order chi connectivity index (χ1) is 15.8. The van der Waals surface area contributed by atoms with Crippen LogP contribution in [0.2, 0.25) is 0 Å². The molecule has 6 nitrogen and oxygen atoms in total. The fourth-order valence-corrected chi connectivity index (χ4v) is 5.03. The monoisotopic (exact) mass is 448 g/mol. The van der Waals surface area contributed by atoms with Gasteiger partial charge in [0.15, 0.2) is 0 Å². The summed E-state index contributed by atoms with van der Waals surface area (Å²) in [6, 6.07) is 8.93. The molecule has 0 aliphatic carbocycles. The van der Waals surface area contributed by atoms with Crippen LogP contribution in [-0.2, 0) is 4.74 Å². The van der Waals surface area contributed by atoms with Gasteiger partial charge in [-0.2, -0.15) is 0 Å². The molecular weight excluding hydrogens is 412 g/mol. The SMILES string of the molecule is Cc1c(C(=O)OC(C)C)cc2cc(-c3cccnc3)cn2c1C(C)N1CCC(N(C)C)CC1. The second kappa shape index (κ2) is 9.65. The number of pyridine rings is 2. The number of fused-ring (bicyclic) bond motifs is 1. The van der Waals surface area contributed by atoms with Gasteiger partial charge in [-0.3, -0.25) is 9.88 Å². The minimum absolute atomic E-state index is 0.156. The highest BCUT2D eigenvalue weighted by Gasteiger charge is 2.28. The molecule has 176 valence electrons. The number of aromatic nitrogens is 2. The average Bonchev–Trinajstić information content (AvgIpc) is 3.22. The van der Waals surface area contributed by atoms with Crippen LogP contribution in [0.5, 0.6) is 0 Å². The minimum Gasteiger partial charge on any atom is -0.459 e. The van der Waals surface area contributed by atoms with Crippen LogP contribution < -0.4 is 0 Å². The molecule has 1 atom stereocenters. The van der Waals surface area contributed by atoms with Gasteiger partial charge in [0.2, 0.25) is 0 Å². The maximum Gasteiger partial charge on any atom is 0.338 e. The zero-order valence-corrected chi connectivity index (χ0v) is 20.7. The summed E-state index contributed by atoms with van der Waals surface area (Å²) >= 11 is 0. The average molecular weight is 449 g/mol. The van der Waals surface area contributed by atoms with E-state index in [4.69, 9.17) is 4.74 Å². The molecule has 3 aromatic heterocycles. The molecule has 6 heteroatoms. The number of likely N-dealkylation sites (tertiary alicyclic amines) is 1. The number of ether oxygens (including phenoxy) is 1. The van der Waals surface area contributed by atoms with Crippen LogP contribution in [0.3, 0.4) is 0 Å². The van der Waals surface area contributed by atoms with Crippen molar-refractivity contribution in [2.45, 2.75) is 58.7 Å². The van der Waals surface area contributed by atoms with Crippen molar-refractivity contribution in [3.8, 4) is 11.1 Å². The zero-order chi connectivity index (χ0) is 23.7. The van der Waals surface area contributed by atoms with E-state index in [0.29, 0.717) is 11.6 Å². The number of rotatable bonds is 6. The number of hydrogen-bond acceptors (Lipinski definition) is 5. The molecule has 0 bridgehead atoms. The summed E-state index contributed by atoms with van der Waals surface area (Å²) in [5.74, 6) is -0.256. The summed E-state index contributed by atoms with van der Waals surface area (Å²) in [6.07, 6.45) is 7.99. The lowest BCUT2D eigenvalue weighted by atomic mass is 9.98. The number of piperidine rings is 1. The van der Waals surface area contributed by atoms with E-state index in [-0.39, 0.29) is 18.1 Å². The van der Waals surface area contributed by atoms with Crippen molar-refractivity contribution in [1.82, 2.24) is 19.2 Å². The highest BCUT2D eigenvalue weighted by atomic mass is 16.5. The molecule has 0 spiro atoms. The van der Waals surface area contributed by atoms with Gasteiger partial charge in [0.25, 0.3) is 0 Å². The van der Waals surface area contributed by atoms with Crippen LogP contribution in [0, 0.1) is 6.92 Å². The molecule has 0 aromatic carbocycles. The van der Waals surface area contributed by atoms with E-state index in [1.165, 1.54) is 0 Å². The Labute approximate surface area is 197 Å². The van der Waals surface area contributed by atoms with E-state index < -0.39 is 0 Å². The second-order valence-electron chi connectivity index (χ2n) is 9.69. The predicted octanol–water partition coefficient (Wildman–Crippen LogP) is 4.96. The lowest BCUT2D eigenvalue weighted by Crippen LogP contribution is -2.43. The first-order valence-electron chi connectivity index (χ1n) is 11.9. The molecule has 0 radical (unpaired) electrons. The lowest BCUT2D eigenvalue weighted by Gasteiger charge is -2.39. The fourth-order valence-electron chi connectivity index (χ4n) is 5.03. The fraction of sp³-hybridized carbons (Fsp3) is 0.481. The van der Waals surface area contributed by atoms with Gasteiger partial charge in [-0.1, -0.05) is 6.07 Å². The van der Waals surface area contributed by atoms with E-state index in [9.17, 15) is 4.79 Å². The quantitative estimate of drug-likeness (QED) is 0.499. The van der Waals surface area contributed by atoms with Crippen molar-refractivity contribution in [2.75, 3.05) is 27.2 Å². The molecule has 1 saturated heterocycles. The first-order valence-corrected chi connectivity index (χ1v) is 11.9. The van der Waals surface area contributed by atoms with E-state index in [0.717, 1.165) is 53.8 Å². The third-order valence-electron chi connectivity index (χ3n) is 6.92. The summed E-state index contributed by atoms with van der Waals surface area (Å²) in [5, 5.41) is 0. The number of carbonyl (C=O) groups excluding carboxylic acids is 1. The summed E-state index contributed by atoms with van der Waals surface area (Å²) in [7, 11) is 4.34. The molecule has 0 amide bonds. The van der Waals surface area contributed by atoms with Gasteiger partial charge in [-0.25, -0.2) is 4.79 Å². The van der Waals surface area contributed by atoms with Gasteiger partial charge in [-0.05, 0) is 78.4 Å². The minimum atomic E-state index is -0.256. The van der Waals surface area contributed by atoms with Crippen molar-refractivity contribution >= 4 is 11.5 Å². The zero-order valence-electron chi connectivity index (χ0n) is 20.7. The van der Waals surface area contributed by atoms with E-state index in [2.05, 4.69) is 65.5 Å². The molecule has 1 aliphatic heterocycles. The van der Waals surface area contributed by atoms with Crippen molar-refractivity contribution in [1.29, 1.82) is 0 Å². The molecule has 1 fully saturated rings. The normalized spacial score (nSPS) is 16.6. The lowest BCUT2D eigenvalue weighted by molar-refractivity contribution is 0.0376. The van der Waals surface area contributed by atoms with E-state index in [1.54, 1.807) is 6.20 Å². The number of esters is 1. The summed E-state index contributed by atoms with van der Waals surface area (Å²) in [4.78, 5) is 22.2. The standard InChI is InChI=1S/C27H36N4O2/c1-18(2)33-27(32)25-15-24-14-22(21-8-7-11-28-16-21)17-31(24)26(19(25)3)20(4)30-12-9-23(10-13-30)29(5)6/h7-8,11,14-18,20,23H,9-10,12-13H2,1-6H3. The van der Waals surface area contributed by atoms with Crippen LogP contribution in [0.25, 0.3) is 16.6 Å².